The van der Waals surface area contributed by atoms with Crippen LogP contribution in [-0.2, 0) is 9.84 Å². The second kappa shape index (κ2) is 4.95. The van der Waals surface area contributed by atoms with Crippen LogP contribution in [0, 0.1) is 0 Å². The number of nitrogens with two attached hydrogens (primary N) is 1. The van der Waals surface area contributed by atoms with E-state index in [1.807, 2.05) is 6.26 Å². The number of thioether (sulfide) groups is 1. The van der Waals surface area contributed by atoms with Gasteiger partial charge in [0.2, 0.25) is 0 Å². The van der Waals surface area contributed by atoms with E-state index in [9.17, 15) is 8.42 Å². The molecule has 1 aromatic carbocycles. The van der Waals surface area contributed by atoms with Crippen molar-refractivity contribution in [2.45, 2.75) is 21.7 Å². The van der Waals surface area contributed by atoms with Gasteiger partial charge in [-0.15, -0.1) is 11.8 Å². The third kappa shape index (κ3) is 2.34. The van der Waals surface area contributed by atoms with E-state index in [2.05, 4.69) is 10.9 Å². The summed E-state index contributed by atoms with van der Waals surface area (Å²) in [5.41, 5.74) is 11.5. The molecule has 0 amide bonds. The van der Waals surface area contributed by atoms with Gasteiger partial charge in [0, 0.05) is 0 Å². The maximum absolute atomic E-state index is 12.4. The fourth-order valence-corrected chi connectivity index (χ4v) is 4.94. The predicted octanol–water partition coefficient (Wildman–Crippen LogP) is -0.0894. The highest BCUT2D eigenvalue weighted by Gasteiger charge is 2.43. The molecule has 5 nitrogen and oxygen atoms in total. The van der Waals surface area contributed by atoms with Crippen LogP contribution in [0.2, 0.25) is 0 Å². The molecule has 0 radical (unpaired) electrons. The first-order valence-electron chi connectivity index (χ1n) is 5.16. The molecule has 3 atom stereocenters. The van der Waals surface area contributed by atoms with Crippen LogP contribution < -0.4 is 16.6 Å². The van der Waals surface area contributed by atoms with E-state index in [-0.39, 0.29) is 5.37 Å². The topological polar surface area (TPSA) is 84.2 Å². The van der Waals surface area contributed by atoms with Gasteiger partial charge in [0.05, 0.1) is 16.4 Å². The van der Waals surface area contributed by atoms with Gasteiger partial charge in [-0.05, 0) is 18.4 Å². The molecule has 4 N–H and O–H groups in total. The number of nitrogens with one attached hydrogen (secondary N) is 2. The van der Waals surface area contributed by atoms with Crippen LogP contribution in [-0.4, -0.2) is 31.5 Å². The summed E-state index contributed by atoms with van der Waals surface area (Å²) in [5.74, 6) is 0. The first-order valence-corrected chi connectivity index (χ1v) is 7.99. The summed E-state index contributed by atoms with van der Waals surface area (Å²) in [4.78, 5) is 0.310. The first kappa shape index (κ1) is 12.8. The van der Waals surface area contributed by atoms with Crippen LogP contribution in [0.25, 0.3) is 0 Å². The molecule has 0 aliphatic carbocycles. The number of hydrogen-bond acceptors (Lipinski definition) is 6. The first-order chi connectivity index (χ1) is 8.07. The van der Waals surface area contributed by atoms with Crippen molar-refractivity contribution in [3.8, 4) is 0 Å². The molecule has 94 valence electrons. The molecule has 1 aromatic rings. The van der Waals surface area contributed by atoms with Crippen LogP contribution in [0.5, 0.6) is 0 Å². The Morgan fingerprint density at radius 3 is 2.47 bits per heavy atom. The van der Waals surface area contributed by atoms with E-state index in [1.54, 1.807) is 30.3 Å². The summed E-state index contributed by atoms with van der Waals surface area (Å²) in [6.07, 6.45) is 1.25. The number of benzene rings is 1. The van der Waals surface area contributed by atoms with Gasteiger partial charge in [-0.3, -0.25) is 0 Å². The summed E-state index contributed by atoms with van der Waals surface area (Å²) in [6.45, 7) is 0. The lowest BCUT2D eigenvalue weighted by molar-refractivity contribution is 0.549. The molecule has 0 spiro atoms. The molecule has 17 heavy (non-hydrogen) atoms. The van der Waals surface area contributed by atoms with Crippen molar-refractivity contribution in [2.24, 2.45) is 5.73 Å². The Labute approximate surface area is 105 Å². The molecule has 0 aromatic heterocycles. The van der Waals surface area contributed by atoms with Crippen molar-refractivity contribution in [1.29, 1.82) is 0 Å². The molecule has 0 saturated carbocycles. The maximum Gasteiger partial charge on any atom is 0.186 e. The van der Waals surface area contributed by atoms with Gasteiger partial charge < -0.3 is 5.73 Å². The molecule has 0 bridgehead atoms. The highest BCUT2D eigenvalue weighted by molar-refractivity contribution is 8.01. The average molecular weight is 273 g/mol. The lowest BCUT2D eigenvalue weighted by Crippen LogP contribution is -2.45. The second-order valence-electron chi connectivity index (χ2n) is 3.79. The number of hydrazine groups is 1. The minimum Gasteiger partial charge on any atom is -0.314 e. The van der Waals surface area contributed by atoms with E-state index in [0.29, 0.717) is 4.90 Å². The average Bonchev–Trinajstić information content (AvgIpc) is 2.72. The molecule has 7 heteroatoms. The molecule has 1 fully saturated rings. The third-order valence-electron chi connectivity index (χ3n) is 2.73. The van der Waals surface area contributed by atoms with E-state index in [0.717, 1.165) is 0 Å². The smallest absolute Gasteiger partial charge is 0.186 e. The largest absolute Gasteiger partial charge is 0.314 e. The van der Waals surface area contributed by atoms with Crippen LogP contribution >= 0.6 is 11.8 Å². The Morgan fingerprint density at radius 1 is 1.24 bits per heavy atom. The van der Waals surface area contributed by atoms with Crippen molar-refractivity contribution < 1.29 is 8.42 Å². The van der Waals surface area contributed by atoms with Gasteiger partial charge in [0.1, 0.15) is 5.25 Å². The van der Waals surface area contributed by atoms with E-state index in [4.69, 9.17) is 5.73 Å². The quantitative estimate of drug-likeness (QED) is 0.714. The van der Waals surface area contributed by atoms with Gasteiger partial charge in [-0.25, -0.2) is 19.3 Å². The van der Waals surface area contributed by atoms with Gasteiger partial charge in [-0.2, -0.15) is 0 Å². The lowest BCUT2D eigenvalue weighted by atomic mass is 10.4. The SMILES string of the molecule is CSC1NNC(N)C1S(=O)(=O)c1ccccc1. The van der Waals surface area contributed by atoms with Gasteiger partial charge in [0.25, 0.3) is 0 Å². The van der Waals surface area contributed by atoms with Crippen LogP contribution in [0.15, 0.2) is 35.2 Å². The number of rotatable bonds is 3. The normalized spacial score (nSPS) is 29.4. The van der Waals surface area contributed by atoms with Crippen LogP contribution in [0.3, 0.4) is 0 Å². The Kier molecular flexibility index (Phi) is 3.74. The zero-order valence-electron chi connectivity index (χ0n) is 9.33. The molecule has 2 rings (SSSR count). The van der Waals surface area contributed by atoms with Crippen LogP contribution in [0.4, 0.5) is 0 Å². The standard InChI is InChI=1S/C10H15N3O2S2/c1-16-10-8(9(11)12-13-10)17(14,15)7-5-3-2-4-6-7/h2-6,8-10,12-13H,11H2,1H3. The summed E-state index contributed by atoms with van der Waals surface area (Å²) >= 11 is 1.43. The van der Waals surface area contributed by atoms with Gasteiger partial charge in [0.15, 0.2) is 9.84 Å². The molecule has 1 heterocycles. The molecule has 1 aliphatic rings. The van der Waals surface area contributed by atoms with E-state index in [1.165, 1.54) is 11.8 Å². The molecular formula is C10H15N3O2S2. The number of hydrogen-bond donors (Lipinski definition) is 3. The summed E-state index contributed by atoms with van der Waals surface area (Å²) in [6, 6.07) is 8.40. The van der Waals surface area contributed by atoms with Gasteiger partial charge in [-0.1, -0.05) is 18.2 Å². The van der Waals surface area contributed by atoms with Crippen molar-refractivity contribution in [3.63, 3.8) is 0 Å². The third-order valence-corrected chi connectivity index (χ3v) is 6.03. The van der Waals surface area contributed by atoms with Crippen molar-refractivity contribution in [3.05, 3.63) is 30.3 Å². The summed E-state index contributed by atoms with van der Waals surface area (Å²) in [7, 11) is -3.42. The molecule has 3 unspecified atom stereocenters. The number of sulfone groups is 1. The Balaban J connectivity index is 2.38. The molecular weight excluding hydrogens is 258 g/mol. The van der Waals surface area contributed by atoms with Crippen molar-refractivity contribution >= 4 is 21.6 Å². The van der Waals surface area contributed by atoms with Crippen LogP contribution in [0.1, 0.15) is 0 Å². The summed E-state index contributed by atoms with van der Waals surface area (Å²) in [5, 5.41) is -0.907. The second-order valence-corrected chi connectivity index (χ2v) is 6.88. The Morgan fingerprint density at radius 2 is 1.88 bits per heavy atom. The van der Waals surface area contributed by atoms with E-state index < -0.39 is 21.3 Å². The molecule has 1 aliphatic heterocycles. The Bertz CT molecular complexity index is 478. The zero-order valence-corrected chi connectivity index (χ0v) is 11.0. The van der Waals surface area contributed by atoms with Crippen molar-refractivity contribution in [1.82, 2.24) is 10.9 Å². The molecule has 1 saturated heterocycles. The zero-order chi connectivity index (χ0) is 12.5. The monoisotopic (exact) mass is 273 g/mol. The summed E-state index contributed by atoms with van der Waals surface area (Å²) < 4.78 is 24.9. The minimum absolute atomic E-state index is 0.241. The van der Waals surface area contributed by atoms with Gasteiger partial charge >= 0.3 is 0 Å². The highest BCUT2D eigenvalue weighted by atomic mass is 32.2. The van der Waals surface area contributed by atoms with Crippen molar-refractivity contribution in [2.75, 3.05) is 6.26 Å². The maximum atomic E-state index is 12.4. The highest BCUT2D eigenvalue weighted by Crippen LogP contribution is 2.26. The van der Waals surface area contributed by atoms with E-state index >= 15 is 0 Å². The lowest BCUT2D eigenvalue weighted by Gasteiger charge is -2.19. The fraction of sp³-hybridized carbons (Fsp3) is 0.400. The minimum atomic E-state index is -3.42. The fourth-order valence-electron chi connectivity index (χ4n) is 1.85. The predicted molar refractivity (Wildman–Crippen MR) is 69.0 cm³/mol. The Hall–Kier alpha value is -0.600.